The van der Waals surface area contributed by atoms with Crippen molar-refractivity contribution in [3.05, 3.63) is 22.8 Å². The number of aromatic nitrogens is 1. The number of rotatable bonds is 2. The Morgan fingerprint density at radius 3 is 2.55 bits per heavy atom. The molecule has 2 heterocycles. The number of amides is 2. The first-order chi connectivity index (χ1) is 9.20. The number of halogens is 4. The molecule has 2 rings (SSSR count). The summed E-state index contributed by atoms with van der Waals surface area (Å²) in [5.74, 6) is -0.926. The fourth-order valence-electron chi connectivity index (χ4n) is 1.73. The number of imide groups is 1. The third kappa shape index (κ3) is 2.69. The van der Waals surface area contributed by atoms with Gasteiger partial charge in [0.15, 0.2) is 0 Å². The van der Waals surface area contributed by atoms with Crippen molar-refractivity contribution in [2.24, 2.45) is 0 Å². The standard InChI is InChI=1S/C11H9ClF3N3O2/c1-18-8(19)3-7(10(18)20)17-9-6(12)2-5(4-16-9)11(13,14)15/h2,4,7H,3H2,1H3,(H,16,17). The highest BCUT2D eigenvalue weighted by atomic mass is 35.5. The molecule has 0 radical (unpaired) electrons. The van der Waals surface area contributed by atoms with Crippen molar-refractivity contribution >= 4 is 29.2 Å². The summed E-state index contributed by atoms with van der Waals surface area (Å²) < 4.78 is 37.3. The predicted octanol–water partition coefficient (Wildman–Crippen LogP) is 1.92. The second-order valence-corrected chi connectivity index (χ2v) is 4.65. The van der Waals surface area contributed by atoms with Gasteiger partial charge in [-0.2, -0.15) is 13.2 Å². The highest BCUT2D eigenvalue weighted by molar-refractivity contribution is 6.33. The van der Waals surface area contributed by atoms with E-state index >= 15 is 0 Å². The monoisotopic (exact) mass is 307 g/mol. The Kier molecular flexibility index (Phi) is 3.59. The predicted molar refractivity (Wildman–Crippen MR) is 64.1 cm³/mol. The van der Waals surface area contributed by atoms with Crippen LogP contribution in [-0.2, 0) is 15.8 Å². The lowest BCUT2D eigenvalue weighted by molar-refractivity contribution is -0.138. The van der Waals surface area contributed by atoms with Gasteiger partial charge in [-0.25, -0.2) is 4.98 Å². The van der Waals surface area contributed by atoms with E-state index in [1.807, 2.05) is 0 Å². The van der Waals surface area contributed by atoms with Gasteiger partial charge in [-0.15, -0.1) is 0 Å². The van der Waals surface area contributed by atoms with Gasteiger partial charge in [0.05, 0.1) is 17.0 Å². The van der Waals surface area contributed by atoms with Gasteiger partial charge in [-0.1, -0.05) is 11.6 Å². The van der Waals surface area contributed by atoms with Crippen molar-refractivity contribution < 1.29 is 22.8 Å². The minimum absolute atomic E-state index is 0.0684. The van der Waals surface area contributed by atoms with Crippen molar-refractivity contribution in [1.29, 1.82) is 0 Å². The summed E-state index contributed by atoms with van der Waals surface area (Å²) in [5, 5.41) is 2.31. The number of anilines is 1. The van der Waals surface area contributed by atoms with Crippen LogP contribution in [0, 0.1) is 0 Å². The molecule has 9 heteroatoms. The molecule has 1 aliphatic heterocycles. The minimum Gasteiger partial charge on any atom is -0.357 e. The molecule has 2 amide bonds. The third-order valence-corrected chi connectivity index (χ3v) is 3.15. The zero-order valence-corrected chi connectivity index (χ0v) is 10.9. The average Bonchev–Trinajstić information content (AvgIpc) is 2.58. The van der Waals surface area contributed by atoms with Gasteiger partial charge in [0.2, 0.25) is 5.91 Å². The molecule has 1 aliphatic rings. The van der Waals surface area contributed by atoms with Gasteiger partial charge >= 0.3 is 6.18 Å². The Bertz CT molecular complexity index is 577. The highest BCUT2D eigenvalue weighted by Crippen LogP contribution is 2.32. The van der Waals surface area contributed by atoms with Gasteiger partial charge in [0.1, 0.15) is 11.9 Å². The topological polar surface area (TPSA) is 62.3 Å². The average molecular weight is 308 g/mol. The second kappa shape index (κ2) is 4.93. The van der Waals surface area contributed by atoms with Crippen LogP contribution in [0.1, 0.15) is 12.0 Å². The van der Waals surface area contributed by atoms with E-state index < -0.39 is 23.7 Å². The van der Waals surface area contributed by atoms with E-state index in [-0.39, 0.29) is 23.2 Å². The fourth-order valence-corrected chi connectivity index (χ4v) is 1.95. The van der Waals surface area contributed by atoms with E-state index in [0.29, 0.717) is 12.3 Å². The van der Waals surface area contributed by atoms with Gasteiger partial charge < -0.3 is 5.32 Å². The van der Waals surface area contributed by atoms with Gasteiger partial charge in [0.25, 0.3) is 5.91 Å². The van der Waals surface area contributed by atoms with Crippen molar-refractivity contribution in [2.75, 3.05) is 12.4 Å². The number of alkyl halides is 3. The van der Waals surface area contributed by atoms with Crippen LogP contribution in [0.2, 0.25) is 5.02 Å². The Labute approximate surface area is 116 Å². The number of nitrogens with zero attached hydrogens (tertiary/aromatic N) is 2. The summed E-state index contributed by atoms with van der Waals surface area (Å²) in [6.45, 7) is 0. The zero-order valence-electron chi connectivity index (χ0n) is 10.2. The molecular formula is C11H9ClF3N3O2. The molecule has 20 heavy (non-hydrogen) atoms. The Morgan fingerprint density at radius 1 is 1.45 bits per heavy atom. The number of carbonyl (C=O) groups excluding carboxylic acids is 2. The smallest absolute Gasteiger partial charge is 0.357 e. The van der Waals surface area contributed by atoms with Crippen LogP contribution in [0.25, 0.3) is 0 Å². The van der Waals surface area contributed by atoms with E-state index in [0.717, 1.165) is 4.90 Å². The van der Waals surface area contributed by atoms with Gasteiger partial charge in [-0.3, -0.25) is 14.5 Å². The van der Waals surface area contributed by atoms with Crippen LogP contribution in [0.5, 0.6) is 0 Å². The summed E-state index contributed by atoms with van der Waals surface area (Å²) >= 11 is 5.70. The van der Waals surface area contributed by atoms with Crippen LogP contribution in [0.3, 0.4) is 0 Å². The summed E-state index contributed by atoms with van der Waals surface area (Å²) in [7, 11) is 1.33. The SMILES string of the molecule is CN1C(=O)CC(Nc2ncc(C(F)(F)F)cc2Cl)C1=O. The van der Waals surface area contributed by atoms with Crippen molar-refractivity contribution in [1.82, 2.24) is 9.88 Å². The molecule has 1 saturated heterocycles. The summed E-state index contributed by atoms with van der Waals surface area (Å²) in [4.78, 5) is 27.5. The van der Waals surface area contributed by atoms with Crippen LogP contribution in [-0.4, -0.2) is 34.8 Å². The quantitative estimate of drug-likeness (QED) is 0.848. The first-order valence-corrected chi connectivity index (χ1v) is 5.87. The van der Waals surface area contributed by atoms with Crippen molar-refractivity contribution in [2.45, 2.75) is 18.6 Å². The van der Waals surface area contributed by atoms with E-state index in [4.69, 9.17) is 11.6 Å². The van der Waals surface area contributed by atoms with Crippen molar-refractivity contribution in [3.63, 3.8) is 0 Å². The number of hydrogen-bond acceptors (Lipinski definition) is 4. The zero-order chi connectivity index (χ0) is 15.1. The largest absolute Gasteiger partial charge is 0.417 e. The van der Waals surface area contributed by atoms with Gasteiger partial charge in [-0.05, 0) is 6.07 Å². The van der Waals surface area contributed by atoms with E-state index in [1.165, 1.54) is 7.05 Å². The lowest BCUT2D eigenvalue weighted by atomic mass is 10.2. The molecule has 0 aromatic carbocycles. The van der Waals surface area contributed by atoms with Crippen molar-refractivity contribution in [3.8, 4) is 0 Å². The number of pyridine rings is 1. The molecule has 5 nitrogen and oxygen atoms in total. The number of nitrogens with one attached hydrogen (secondary N) is 1. The van der Waals surface area contributed by atoms with Gasteiger partial charge in [0, 0.05) is 13.2 Å². The molecule has 1 fully saturated rings. The highest BCUT2D eigenvalue weighted by Gasteiger charge is 2.37. The van der Waals surface area contributed by atoms with E-state index in [1.54, 1.807) is 0 Å². The maximum atomic E-state index is 12.4. The number of carbonyl (C=O) groups is 2. The lowest BCUT2D eigenvalue weighted by Crippen LogP contribution is -2.32. The minimum atomic E-state index is -4.55. The molecule has 1 aromatic heterocycles. The molecular weight excluding hydrogens is 299 g/mol. The normalized spacial score (nSPS) is 19.6. The number of likely N-dealkylation sites (N-methyl/N-ethyl adjacent to an activating group) is 1. The van der Waals surface area contributed by atoms with Crippen LogP contribution in [0.4, 0.5) is 19.0 Å². The second-order valence-electron chi connectivity index (χ2n) is 4.24. The van der Waals surface area contributed by atoms with E-state index in [9.17, 15) is 22.8 Å². The molecule has 1 atom stereocenters. The Morgan fingerprint density at radius 2 is 2.10 bits per heavy atom. The Balaban J connectivity index is 2.19. The maximum Gasteiger partial charge on any atom is 0.417 e. The number of likely N-dealkylation sites (tertiary alicyclic amines) is 1. The summed E-state index contributed by atoms with van der Waals surface area (Å²) in [6.07, 6.45) is -4.03. The Hall–Kier alpha value is -1.83. The molecule has 0 spiro atoms. The third-order valence-electron chi connectivity index (χ3n) is 2.86. The number of hydrogen-bond donors (Lipinski definition) is 1. The molecule has 1 aromatic rings. The summed E-state index contributed by atoms with van der Waals surface area (Å²) in [6, 6.07) is -0.156. The molecule has 0 aliphatic carbocycles. The molecule has 1 N–H and O–H groups in total. The molecule has 0 saturated carbocycles. The molecule has 0 bridgehead atoms. The summed E-state index contributed by atoms with van der Waals surface area (Å²) in [5.41, 5.74) is -0.987. The first kappa shape index (κ1) is 14.6. The molecule has 108 valence electrons. The molecule has 1 unspecified atom stereocenters. The fraction of sp³-hybridized carbons (Fsp3) is 0.364. The van der Waals surface area contributed by atoms with Crippen LogP contribution < -0.4 is 5.32 Å². The van der Waals surface area contributed by atoms with E-state index in [2.05, 4.69) is 10.3 Å². The lowest BCUT2D eigenvalue weighted by Gasteiger charge is -2.14. The first-order valence-electron chi connectivity index (χ1n) is 5.50. The maximum absolute atomic E-state index is 12.4. The van der Waals surface area contributed by atoms with Crippen LogP contribution in [0.15, 0.2) is 12.3 Å². The van der Waals surface area contributed by atoms with Crippen LogP contribution >= 0.6 is 11.6 Å².